The van der Waals surface area contributed by atoms with Gasteiger partial charge in [-0.3, -0.25) is 15.0 Å². The Labute approximate surface area is 132 Å². The first-order chi connectivity index (χ1) is 10.7. The van der Waals surface area contributed by atoms with Crippen LogP contribution in [0.3, 0.4) is 0 Å². The van der Waals surface area contributed by atoms with Gasteiger partial charge in [0.05, 0.1) is 12.1 Å². The lowest BCUT2D eigenvalue weighted by molar-refractivity contribution is -0.121. The molecule has 3 rings (SSSR count). The van der Waals surface area contributed by atoms with E-state index in [9.17, 15) is 9.59 Å². The SMILES string of the molecule is O=C1CC(C(=O)Nc2ccccc2Sc2ccccc2)NN1. The Morgan fingerprint density at radius 2 is 1.82 bits per heavy atom. The van der Waals surface area contributed by atoms with Crippen LogP contribution < -0.4 is 16.2 Å². The highest BCUT2D eigenvalue weighted by atomic mass is 32.2. The van der Waals surface area contributed by atoms with Crippen molar-refractivity contribution >= 4 is 29.3 Å². The Hall–Kier alpha value is -2.31. The van der Waals surface area contributed by atoms with Crippen molar-refractivity contribution in [2.45, 2.75) is 22.3 Å². The lowest BCUT2D eigenvalue weighted by atomic mass is 10.2. The summed E-state index contributed by atoms with van der Waals surface area (Å²) in [6.07, 6.45) is 0.153. The molecule has 5 nitrogen and oxygen atoms in total. The summed E-state index contributed by atoms with van der Waals surface area (Å²) in [6, 6.07) is 17.0. The first-order valence-corrected chi connectivity index (χ1v) is 7.71. The van der Waals surface area contributed by atoms with Crippen molar-refractivity contribution in [1.82, 2.24) is 10.9 Å². The average molecular weight is 313 g/mol. The number of hydrogen-bond donors (Lipinski definition) is 3. The van der Waals surface area contributed by atoms with E-state index in [2.05, 4.69) is 16.2 Å². The molecule has 1 saturated heterocycles. The predicted octanol–water partition coefficient (Wildman–Crippen LogP) is 2.17. The van der Waals surface area contributed by atoms with E-state index in [4.69, 9.17) is 0 Å². The van der Waals surface area contributed by atoms with E-state index in [-0.39, 0.29) is 18.2 Å². The first kappa shape index (κ1) is 14.6. The summed E-state index contributed by atoms with van der Waals surface area (Å²) in [4.78, 5) is 25.4. The van der Waals surface area contributed by atoms with Gasteiger partial charge in [0, 0.05) is 9.79 Å². The molecule has 1 aliphatic heterocycles. The van der Waals surface area contributed by atoms with Crippen LogP contribution in [-0.4, -0.2) is 17.9 Å². The smallest absolute Gasteiger partial charge is 0.243 e. The van der Waals surface area contributed by atoms with Gasteiger partial charge in [0.1, 0.15) is 6.04 Å². The van der Waals surface area contributed by atoms with Gasteiger partial charge in [0.25, 0.3) is 0 Å². The molecule has 1 heterocycles. The molecule has 2 aromatic rings. The molecular weight excluding hydrogens is 298 g/mol. The van der Waals surface area contributed by atoms with Crippen molar-refractivity contribution in [3.63, 3.8) is 0 Å². The quantitative estimate of drug-likeness (QED) is 0.809. The summed E-state index contributed by atoms with van der Waals surface area (Å²) in [5, 5.41) is 2.88. The number of hydrazine groups is 1. The number of anilines is 1. The summed E-state index contributed by atoms with van der Waals surface area (Å²) in [5.74, 6) is -0.397. The number of amides is 2. The maximum atomic E-state index is 12.2. The normalized spacial score (nSPS) is 17.1. The first-order valence-electron chi connectivity index (χ1n) is 6.89. The molecule has 2 aromatic carbocycles. The highest BCUT2D eigenvalue weighted by Crippen LogP contribution is 2.33. The summed E-state index contributed by atoms with van der Waals surface area (Å²) in [5.41, 5.74) is 5.85. The summed E-state index contributed by atoms with van der Waals surface area (Å²) >= 11 is 1.58. The molecule has 3 N–H and O–H groups in total. The Kier molecular flexibility index (Phi) is 4.41. The standard InChI is InChI=1S/C16H15N3O2S/c20-15-10-13(18-19-15)16(21)17-12-8-4-5-9-14(12)22-11-6-2-1-3-7-11/h1-9,13,18H,10H2,(H,17,21)(H,19,20). The number of carbonyl (C=O) groups is 2. The molecule has 0 saturated carbocycles. The van der Waals surface area contributed by atoms with Crippen LogP contribution in [0.15, 0.2) is 64.4 Å². The van der Waals surface area contributed by atoms with Crippen LogP contribution >= 0.6 is 11.8 Å². The second-order valence-corrected chi connectivity index (χ2v) is 5.97. The highest BCUT2D eigenvalue weighted by molar-refractivity contribution is 7.99. The molecule has 22 heavy (non-hydrogen) atoms. The van der Waals surface area contributed by atoms with E-state index in [1.54, 1.807) is 11.8 Å². The molecule has 0 bridgehead atoms. The van der Waals surface area contributed by atoms with Crippen LogP contribution in [-0.2, 0) is 9.59 Å². The molecule has 0 radical (unpaired) electrons. The fraction of sp³-hybridized carbons (Fsp3) is 0.125. The minimum atomic E-state index is -0.540. The van der Waals surface area contributed by atoms with Gasteiger partial charge in [-0.2, -0.15) is 0 Å². The van der Waals surface area contributed by atoms with Crippen molar-refractivity contribution in [3.8, 4) is 0 Å². The van der Waals surface area contributed by atoms with Crippen LogP contribution in [0.5, 0.6) is 0 Å². The average Bonchev–Trinajstić information content (AvgIpc) is 2.97. The van der Waals surface area contributed by atoms with Gasteiger partial charge in [-0.05, 0) is 24.3 Å². The van der Waals surface area contributed by atoms with E-state index in [0.29, 0.717) is 0 Å². The number of benzene rings is 2. The van der Waals surface area contributed by atoms with Crippen LogP contribution in [0.4, 0.5) is 5.69 Å². The fourth-order valence-corrected chi connectivity index (χ4v) is 3.03. The summed E-state index contributed by atoms with van der Waals surface area (Å²) in [7, 11) is 0. The molecule has 0 spiro atoms. The third-order valence-electron chi connectivity index (χ3n) is 3.21. The zero-order valence-electron chi connectivity index (χ0n) is 11.7. The van der Waals surface area contributed by atoms with Crippen molar-refractivity contribution in [3.05, 3.63) is 54.6 Å². The van der Waals surface area contributed by atoms with Crippen molar-refractivity contribution in [2.24, 2.45) is 0 Å². The van der Waals surface area contributed by atoms with E-state index in [0.717, 1.165) is 15.5 Å². The Balaban J connectivity index is 1.74. The van der Waals surface area contributed by atoms with E-state index >= 15 is 0 Å². The number of carbonyl (C=O) groups excluding carboxylic acids is 2. The maximum Gasteiger partial charge on any atom is 0.243 e. The number of nitrogens with one attached hydrogen (secondary N) is 3. The maximum absolute atomic E-state index is 12.2. The van der Waals surface area contributed by atoms with E-state index in [1.807, 2.05) is 54.6 Å². The summed E-state index contributed by atoms with van der Waals surface area (Å²) < 4.78 is 0. The molecule has 0 aliphatic carbocycles. The largest absolute Gasteiger partial charge is 0.324 e. The molecule has 1 atom stereocenters. The highest BCUT2D eigenvalue weighted by Gasteiger charge is 2.27. The Morgan fingerprint density at radius 3 is 2.55 bits per heavy atom. The molecule has 6 heteroatoms. The van der Waals surface area contributed by atoms with Gasteiger partial charge in [-0.1, -0.05) is 42.1 Å². The Morgan fingerprint density at radius 1 is 1.09 bits per heavy atom. The van der Waals surface area contributed by atoms with Crippen molar-refractivity contribution in [2.75, 3.05) is 5.32 Å². The fourth-order valence-electron chi connectivity index (χ4n) is 2.11. The molecule has 1 unspecified atom stereocenters. The third-order valence-corrected chi connectivity index (χ3v) is 4.29. The van der Waals surface area contributed by atoms with Crippen molar-refractivity contribution < 1.29 is 9.59 Å². The molecule has 0 aromatic heterocycles. The van der Waals surface area contributed by atoms with Gasteiger partial charge < -0.3 is 5.32 Å². The molecule has 2 amide bonds. The lowest BCUT2D eigenvalue weighted by Gasteiger charge is -2.13. The third kappa shape index (κ3) is 3.47. The molecule has 1 aliphatic rings. The van der Waals surface area contributed by atoms with Gasteiger partial charge in [-0.25, -0.2) is 5.43 Å². The second-order valence-electron chi connectivity index (χ2n) is 4.85. The topological polar surface area (TPSA) is 70.2 Å². The van der Waals surface area contributed by atoms with Crippen LogP contribution in [0.2, 0.25) is 0 Å². The van der Waals surface area contributed by atoms with Crippen LogP contribution in [0, 0.1) is 0 Å². The van der Waals surface area contributed by atoms with Gasteiger partial charge in [-0.15, -0.1) is 0 Å². The minimum Gasteiger partial charge on any atom is -0.324 e. The monoisotopic (exact) mass is 313 g/mol. The number of rotatable bonds is 4. The van der Waals surface area contributed by atoms with Crippen LogP contribution in [0.25, 0.3) is 0 Å². The van der Waals surface area contributed by atoms with E-state index < -0.39 is 6.04 Å². The van der Waals surface area contributed by atoms with Crippen LogP contribution in [0.1, 0.15) is 6.42 Å². The number of hydrogen-bond acceptors (Lipinski definition) is 4. The second kappa shape index (κ2) is 6.64. The molecule has 1 fully saturated rings. The lowest BCUT2D eigenvalue weighted by Crippen LogP contribution is -2.39. The van der Waals surface area contributed by atoms with E-state index in [1.165, 1.54) is 0 Å². The summed E-state index contributed by atoms with van der Waals surface area (Å²) in [6.45, 7) is 0. The minimum absolute atomic E-state index is 0.153. The van der Waals surface area contributed by atoms with Crippen molar-refractivity contribution in [1.29, 1.82) is 0 Å². The number of para-hydroxylation sites is 1. The molecular formula is C16H15N3O2S. The zero-order chi connectivity index (χ0) is 15.4. The zero-order valence-corrected chi connectivity index (χ0v) is 12.5. The van der Waals surface area contributed by atoms with Gasteiger partial charge in [0.15, 0.2) is 0 Å². The molecule has 112 valence electrons. The van der Waals surface area contributed by atoms with Gasteiger partial charge in [0.2, 0.25) is 11.8 Å². The van der Waals surface area contributed by atoms with Gasteiger partial charge >= 0.3 is 0 Å². The Bertz CT molecular complexity index is 691. The predicted molar refractivity (Wildman–Crippen MR) is 85.3 cm³/mol.